The number of aliphatic hydroxyl groups is 1. The molecule has 1 heterocycles. The van der Waals surface area contributed by atoms with Gasteiger partial charge in [0.25, 0.3) is 5.92 Å². The zero-order valence-electron chi connectivity index (χ0n) is 17.0. The second kappa shape index (κ2) is 10.4. The molecule has 0 radical (unpaired) electrons. The second-order valence-electron chi connectivity index (χ2n) is 8.37. The highest BCUT2D eigenvalue weighted by atomic mass is 19.3. The molecule has 0 aromatic heterocycles. The number of benzene rings is 1. The number of hydrogen-bond donors (Lipinski definition) is 2. The first-order valence-electron chi connectivity index (χ1n) is 10.6. The summed E-state index contributed by atoms with van der Waals surface area (Å²) in [5.41, 5.74) is 0. The Balaban J connectivity index is 1.54. The number of aliphatic hydroxyl groups excluding tert-OH is 1. The summed E-state index contributed by atoms with van der Waals surface area (Å²) >= 11 is 0. The molecule has 30 heavy (non-hydrogen) atoms. The molecule has 1 aromatic rings. The molecular formula is C23H30F2O5. The minimum absolute atomic E-state index is 0.00781. The summed E-state index contributed by atoms with van der Waals surface area (Å²) in [4.78, 5) is 10.7. The zero-order valence-corrected chi connectivity index (χ0v) is 17.0. The third-order valence-electron chi connectivity index (χ3n) is 6.08. The van der Waals surface area contributed by atoms with Crippen LogP contribution in [0, 0.1) is 17.8 Å². The number of fused-ring (bicyclic) bond motifs is 1. The van der Waals surface area contributed by atoms with E-state index in [1.807, 2.05) is 0 Å². The van der Waals surface area contributed by atoms with Crippen LogP contribution in [0.4, 0.5) is 8.78 Å². The molecule has 2 N–H and O–H groups in total. The topological polar surface area (TPSA) is 76.0 Å². The first kappa shape index (κ1) is 22.7. The second-order valence-corrected chi connectivity index (χ2v) is 8.37. The van der Waals surface area contributed by atoms with Crippen molar-refractivity contribution < 1.29 is 33.3 Å². The van der Waals surface area contributed by atoms with E-state index in [-0.39, 0.29) is 30.3 Å². The molecule has 0 spiro atoms. The van der Waals surface area contributed by atoms with Crippen molar-refractivity contribution in [3.05, 3.63) is 42.5 Å². The number of halogens is 2. The van der Waals surface area contributed by atoms with E-state index in [2.05, 4.69) is 0 Å². The van der Waals surface area contributed by atoms with E-state index in [4.69, 9.17) is 14.6 Å². The van der Waals surface area contributed by atoms with Gasteiger partial charge in [0.1, 0.15) is 5.75 Å². The summed E-state index contributed by atoms with van der Waals surface area (Å²) in [6, 6.07) is 8.48. The van der Waals surface area contributed by atoms with Crippen molar-refractivity contribution in [1.82, 2.24) is 0 Å². The number of alkyl halides is 2. The van der Waals surface area contributed by atoms with Gasteiger partial charge in [-0.05, 0) is 55.7 Å². The largest absolute Gasteiger partial charge is 0.487 e. The van der Waals surface area contributed by atoms with Gasteiger partial charge in [-0.15, -0.1) is 0 Å². The molecule has 2 fully saturated rings. The smallest absolute Gasteiger partial charge is 0.303 e. The number of ether oxygens (including phenoxy) is 2. The monoisotopic (exact) mass is 424 g/mol. The zero-order chi connectivity index (χ0) is 21.6. The van der Waals surface area contributed by atoms with Gasteiger partial charge < -0.3 is 19.7 Å². The maximum absolute atomic E-state index is 14.3. The molecule has 0 unspecified atom stereocenters. The average Bonchev–Trinajstić information content (AvgIpc) is 2.88. The number of rotatable bonds is 9. The fraction of sp³-hybridized carbons (Fsp3) is 0.609. The van der Waals surface area contributed by atoms with Gasteiger partial charge in [-0.1, -0.05) is 24.3 Å². The van der Waals surface area contributed by atoms with Crippen molar-refractivity contribution in [2.75, 3.05) is 13.2 Å². The van der Waals surface area contributed by atoms with Crippen molar-refractivity contribution in [3.8, 4) is 5.75 Å². The lowest BCUT2D eigenvalue weighted by Gasteiger charge is -2.21. The van der Waals surface area contributed by atoms with Crippen molar-refractivity contribution in [2.45, 2.75) is 56.7 Å². The predicted molar refractivity (Wildman–Crippen MR) is 108 cm³/mol. The third kappa shape index (κ3) is 6.51. The van der Waals surface area contributed by atoms with Crippen LogP contribution >= 0.6 is 0 Å². The highest BCUT2D eigenvalue weighted by Gasteiger charge is 2.44. The Morgan fingerprint density at radius 1 is 1.27 bits per heavy atom. The summed E-state index contributed by atoms with van der Waals surface area (Å²) in [5.74, 6) is -3.66. The number of carboxylic acid groups (broad SMARTS) is 1. The molecular weight excluding hydrogens is 394 g/mol. The number of para-hydroxylation sites is 1. The van der Waals surface area contributed by atoms with Gasteiger partial charge in [0.15, 0.2) is 6.61 Å². The van der Waals surface area contributed by atoms with Gasteiger partial charge in [-0.3, -0.25) is 4.79 Å². The molecule has 1 aliphatic heterocycles. The maximum Gasteiger partial charge on any atom is 0.303 e. The minimum atomic E-state index is -3.14. The summed E-state index contributed by atoms with van der Waals surface area (Å²) in [6.07, 6.45) is 5.04. The molecule has 1 aromatic carbocycles. The maximum atomic E-state index is 14.3. The van der Waals surface area contributed by atoms with Gasteiger partial charge >= 0.3 is 5.97 Å². The number of hydrogen-bond acceptors (Lipinski definition) is 4. The van der Waals surface area contributed by atoms with Crippen molar-refractivity contribution >= 4 is 5.97 Å². The lowest BCUT2D eigenvalue weighted by atomic mass is 9.86. The Bertz CT molecular complexity index is 709. The van der Waals surface area contributed by atoms with Gasteiger partial charge in [0.05, 0.1) is 12.2 Å². The van der Waals surface area contributed by atoms with Crippen LogP contribution in [0.1, 0.15) is 38.5 Å². The van der Waals surface area contributed by atoms with Crippen LogP contribution in [0.5, 0.6) is 5.75 Å². The molecule has 5 nitrogen and oxygen atoms in total. The molecule has 7 heteroatoms. The summed E-state index contributed by atoms with van der Waals surface area (Å²) in [5, 5.41) is 19.2. The molecule has 1 saturated carbocycles. The predicted octanol–water partition coefficient (Wildman–Crippen LogP) is 4.30. The van der Waals surface area contributed by atoms with Gasteiger partial charge in [-0.2, -0.15) is 8.78 Å². The molecule has 5 atom stereocenters. The van der Waals surface area contributed by atoms with Crippen molar-refractivity contribution in [1.29, 1.82) is 0 Å². The van der Waals surface area contributed by atoms with E-state index < -0.39 is 24.6 Å². The Morgan fingerprint density at radius 2 is 2.03 bits per heavy atom. The van der Waals surface area contributed by atoms with Crippen LogP contribution in [0.3, 0.4) is 0 Å². The van der Waals surface area contributed by atoms with Crippen LogP contribution in [0.15, 0.2) is 42.5 Å². The summed E-state index contributed by atoms with van der Waals surface area (Å²) < 4.78 is 39.7. The van der Waals surface area contributed by atoms with Gasteiger partial charge in [0, 0.05) is 25.4 Å². The Morgan fingerprint density at radius 3 is 2.77 bits per heavy atom. The molecule has 3 rings (SSSR count). The van der Waals surface area contributed by atoms with Crippen LogP contribution in [0.25, 0.3) is 0 Å². The Hall–Kier alpha value is -1.99. The molecule has 166 valence electrons. The van der Waals surface area contributed by atoms with E-state index >= 15 is 0 Å². The lowest BCUT2D eigenvalue weighted by molar-refractivity contribution is -0.137. The average molecular weight is 424 g/mol. The normalized spacial score (nSPS) is 29.5. The molecule has 1 aliphatic carbocycles. The van der Waals surface area contributed by atoms with Crippen LogP contribution in [-0.2, 0) is 9.53 Å². The van der Waals surface area contributed by atoms with Gasteiger partial charge in [0.2, 0.25) is 0 Å². The summed E-state index contributed by atoms with van der Waals surface area (Å²) in [6.45, 7) is -0.225. The first-order chi connectivity index (χ1) is 14.3. The minimum Gasteiger partial charge on any atom is -0.487 e. The Kier molecular flexibility index (Phi) is 7.83. The quantitative estimate of drug-likeness (QED) is 0.578. The highest BCUT2D eigenvalue weighted by molar-refractivity contribution is 5.66. The lowest BCUT2D eigenvalue weighted by Crippen LogP contribution is -2.25. The first-order valence-corrected chi connectivity index (χ1v) is 10.6. The van der Waals surface area contributed by atoms with Crippen LogP contribution in [-0.4, -0.2) is 47.5 Å². The summed E-state index contributed by atoms with van der Waals surface area (Å²) in [7, 11) is 0. The number of carbonyl (C=O) groups is 1. The van der Waals surface area contributed by atoms with Crippen molar-refractivity contribution in [2.24, 2.45) is 17.8 Å². The van der Waals surface area contributed by atoms with E-state index in [1.165, 1.54) is 6.08 Å². The molecule has 0 amide bonds. The molecule has 0 bridgehead atoms. The number of aliphatic carboxylic acids is 1. The van der Waals surface area contributed by atoms with E-state index in [0.29, 0.717) is 25.2 Å². The third-order valence-corrected chi connectivity index (χ3v) is 6.08. The number of carboxylic acids is 1. The molecule has 2 aliphatic rings. The van der Waals surface area contributed by atoms with E-state index in [1.54, 1.807) is 30.3 Å². The van der Waals surface area contributed by atoms with Crippen LogP contribution < -0.4 is 4.74 Å². The van der Waals surface area contributed by atoms with E-state index in [9.17, 15) is 18.7 Å². The fourth-order valence-electron chi connectivity index (χ4n) is 4.48. The standard InChI is InChI=1S/C23H30F2O5/c24-23(25,15-30-17-6-2-1-3-7-17)12-11-18-19-10-9-16(5-4-8-22(27)28)14-29-21(19)13-20(18)26/h1-3,6-7,11-12,16,18-21,26H,4-5,8-10,13-15H2,(H,27,28)/b12-11+/t16-,18+,19+,20+,21-/m0/s1. The Labute approximate surface area is 175 Å². The van der Waals surface area contributed by atoms with Gasteiger partial charge in [-0.25, -0.2) is 0 Å². The van der Waals surface area contributed by atoms with Crippen LogP contribution in [0.2, 0.25) is 0 Å². The SMILES string of the molecule is O=C(O)CCC[C@H]1CC[C@@H]2[C@@H](/C=C/C(F)(F)COc3ccccc3)[C@H](O)C[C@@H]2OC1. The molecule has 1 saturated heterocycles. The van der Waals surface area contributed by atoms with Crippen molar-refractivity contribution in [3.63, 3.8) is 0 Å². The van der Waals surface area contributed by atoms with E-state index in [0.717, 1.165) is 25.3 Å². The fourth-order valence-corrected chi connectivity index (χ4v) is 4.48. The highest BCUT2D eigenvalue weighted by Crippen LogP contribution is 2.42.